The number of aromatic nitrogens is 1. The van der Waals surface area contributed by atoms with Gasteiger partial charge in [-0.15, -0.1) is 11.3 Å². The van der Waals surface area contributed by atoms with Gasteiger partial charge in [-0.05, 0) is 49.9 Å². The highest BCUT2D eigenvalue weighted by Crippen LogP contribution is 2.34. The van der Waals surface area contributed by atoms with Crippen molar-refractivity contribution in [1.29, 1.82) is 0 Å². The van der Waals surface area contributed by atoms with Gasteiger partial charge in [0.25, 0.3) is 0 Å². The summed E-state index contributed by atoms with van der Waals surface area (Å²) in [5.74, 6) is 1.17. The van der Waals surface area contributed by atoms with Crippen molar-refractivity contribution in [2.45, 2.75) is 32.2 Å². The summed E-state index contributed by atoms with van der Waals surface area (Å²) in [6.45, 7) is 2.82. The van der Waals surface area contributed by atoms with Crippen molar-refractivity contribution in [2.24, 2.45) is 5.92 Å². The Bertz CT molecular complexity index is 777. The van der Waals surface area contributed by atoms with Crippen molar-refractivity contribution in [1.82, 2.24) is 9.88 Å². The normalized spacial score (nSPS) is 17.6. The van der Waals surface area contributed by atoms with Gasteiger partial charge < -0.3 is 14.6 Å². The summed E-state index contributed by atoms with van der Waals surface area (Å²) in [5.41, 5.74) is 2.07. The Hall–Kier alpha value is -2.12. The van der Waals surface area contributed by atoms with Crippen molar-refractivity contribution >= 4 is 17.3 Å². The van der Waals surface area contributed by atoms with Crippen LogP contribution >= 0.6 is 11.3 Å². The first-order valence-corrected chi connectivity index (χ1v) is 10.1. The average Bonchev–Trinajstić information content (AvgIpc) is 3.14. The first kappa shape index (κ1) is 19.6. The number of carbonyl (C=O) groups is 1. The highest BCUT2D eigenvalue weighted by Gasteiger charge is 2.21. The van der Waals surface area contributed by atoms with Gasteiger partial charge in [0, 0.05) is 30.5 Å². The maximum Gasteiger partial charge on any atom is 0.303 e. The van der Waals surface area contributed by atoms with E-state index in [2.05, 4.69) is 10.3 Å². The molecule has 1 aromatic heterocycles. The zero-order valence-electron chi connectivity index (χ0n) is 15.8. The van der Waals surface area contributed by atoms with Crippen LogP contribution in [0.2, 0.25) is 0 Å². The molecule has 0 spiro atoms. The maximum absolute atomic E-state index is 10.8. The van der Waals surface area contributed by atoms with E-state index in [4.69, 9.17) is 19.6 Å². The van der Waals surface area contributed by atoms with Crippen LogP contribution in [0, 0.1) is 5.92 Å². The highest BCUT2D eigenvalue weighted by atomic mass is 32.1. The minimum absolute atomic E-state index is 0.263. The molecule has 1 N–H and O–H groups in total. The van der Waals surface area contributed by atoms with Crippen LogP contribution in [0.25, 0.3) is 10.6 Å². The molecule has 146 valence electrons. The predicted octanol–water partition coefficient (Wildman–Crippen LogP) is 3.90. The van der Waals surface area contributed by atoms with Crippen LogP contribution in [0.15, 0.2) is 23.6 Å². The summed E-state index contributed by atoms with van der Waals surface area (Å²) in [5, 5.41) is 12.0. The molecule has 3 rings (SSSR count). The van der Waals surface area contributed by atoms with Gasteiger partial charge in [-0.3, -0.25) is 9.69 Å². The van der Waals surface area contributed by atoms with Gasteiger partial charge in [-0.25, -0.2) is 4.98 Å². The van der Waals surface area contributed by atoms with E-state index in [0.717, 1.165) is 55.2 Å². The van der Waals surface area contributed by atoms with Gasteiger partial charge >= 0.3 is 5.97 Å². The Labute approximate surface area is 163 Å². The molecule has 0 amide bonds. The van der Waals surface area contributed by atoms with Crippen molar-refractivity contribution < 1.29 is 19.4 Å². The number of likely N-dealkylation sites (tertiary alicyclic amines) is 1. The molecule has 1 aliphatic rings. The van der Waals surface area contributed by atoms with E-state index in [0.29, 0.717) is 17.4 Å². The van der Waals surface area contributed by atoms with Gasteiger partial charge in [-0.2, -0.15) is 0 Å². The minimum Gasteiger partial charge on any atom is -0.493 e. The molecule has 1 unspecified atom stereocenters. The zero-order chi connectivity index (χ0) is 19.2. The fourth-order valence-corrected chi connectivity index (χ4v) is 4.38. The number of carboxylic acid groups (broad SMARTS) is 1. The molecule has 6 nitrogen and oxygen atoms in total. The lowest BCUT2D eigenvalue weighted by Crippen LogP contribution is -2.35. The molecule has 2 aromatic rings. The first-order chi connectivity index (χ1) is 13.1. The number of aliphatic carboxylic acids is 1. The van der Waals surface area contributed by atoms with E-state index < -0.39 is 5.97 Å². The van der Waals surface area contributed by atoms with Gasteiger partial charge in [0.1, 0.15) is 5.01 Å². The first-order valence-electron chi connectivity index (χ1n) is 9.20. The smallest absolute Gasteiger partial charge is 0.303 e. The lowest BCUT2D eigenvalue weighted by Gasteiger charge is -2.32. The molecule has 7 heteroatoms. The second kappa shape index (κ2) is 9.19. The number of ether oxygens (including phenoxy) is 2. The van der Waals surface area contributed by atoms with E-state index in [1.165, 1.54) is 0 Å². The number of rotatable bonds is 8. The molecule has 0 aliphatic carbocycles. The Morgan fingerprint density at radius 2 is 2.15 bits per heavy atom. The molecule has 1 aliphatic heterocycles. The summed E-state index contributed by atoms with van der Waals surface area (Å²) >= 11 is 1.63. The predicted molar refractivity (Wildman–Crippen MR) is 106 cm³/mol. The van der Waals surface area contributed by atoms with E-state index in [-0.39, 0.29) is 6.42 Å². The van der Waals surface area contributed by atoms with E-state index in [1.54, 1.807) is 25.6 Å². The largest absolute Gasteiger partial charge is 0.493 e. The van der Waals surface area contributed by atoms with Crippen LogP contribution in [-0.4, -0.2) is 48.3 Å². The minimum atomic E-state index is -0.703. The molecule has 1 aromatic carbocycles. The molecule has 0 radical (unpaired) electrons. The Morgan fingerprint density at radius 1 is 1.33 bits per heavy atom. The molecule has 1 saturated heterocycles. The Morgan fingerprint density at radius 3 is 2.89 bits per heavy atom. The van der Waals surface area contributed by atoms with Gasteiger partial charge in [0.15, 0.2) is 11.5 Å². The zero-order valence-corrected chi connectivity index (χ0v) is 16.6. The van der Waals surface area contributed by atoms with Crippen molar-refractivity contribution in [3.05, 3.63) is 29.3 Å². The molecule has 0 bridgehead atoms. The number of hydrogen-bond acceptors (Lipinski definition) is 6. The summed E-state index contributed by atoms with van der Waals surface area (Å²) < 4.78 is 10.7. The fourth-order valence-electron chi connectivity index (χ4n) is 3.57. The Kier molecular flexibility index (Phi) is 6.68. The van der Waals surface area contributed by atoms with Crippen LogP contribution in [0.1, 0.15) is 31.4 Å². The van der Waals surface area contributed by atoms with Crippen LogP contribution in [0.4, 0.5) is 0 Å². The van der Waals surface area contributed by atoms with E-state index in [9.17, 15) is 4.79 Å². The van der Waals surface area contributed by atoms with Crippen LogP contribution < -0.4 is 9.47 Å². The Balaban J connectivity index is 1.63. The number of hydrogen-bond donors (Lipinski definition) is 1. The average molecular weight is 391 g/mol. The van der Waals surface area contributed by atoms with Crippen molar-refractivity contribution in [3.8, 4) is 22.1 Å². The third kappa shape index (κ3) is 5.20. The molecule has 27 heavy (non-hydrogen) atoms. The monoisotopic (exact) mass is 390 g/mol. The second-order valence-corrected chi connectivity index (χ2v) is 7.75. The van der Waals surface area contributed by atoms with E-state index in [1.807, 2.05) is 18.2 Å². The van der Waals surface area contributed by atoms with Gasteiger partial charge in [-0.1, -0.05) is 0 Å². The molecule has 1 fully saturated rings. The number of piperidine rings is 1. The summed E-state index contributed by atoms with van der Waals surface area (Å²) in [6.07, 6.45) is 3.27. The molecule has 2 heterocycles. The topological polar surface area (TPSA) is 71.9 Å². The van der Waals surface area contributed by atoms with E-state index >= 15 is 0 Å². The fraction of sp³-hybridized carbons (Fsp3) is 0.500. The lowest BCUT2D eigenvalue weighted by atomic mass is 9.93. The SMILES string of the molecule is COc1ccc(-c2nc(CN3CCCC(CCC(=O)O)C3)cs2)cc1OC. The number of nitrogens with zero attached hydrogens (tertiary/aromatic N) is 2. The lowest BCUT2D eigenvalue weighted by molar-refractivity contribution is -0.137. The highest BCUT2D eigenvalue weighted by molar-refractivity contribution is 7.13. The number of benzene rings is 1. The van der Waals surface area contributed by atoms with Crippen LogP contribution in [-0.2, 0) is 11.3 Å². The quantitative estimate of drug-likeness (QED) is 0.737. The molecular weight excluding hydrogens is 364 g/mol. The van der Waals surface area contributed by atoms with Crippen LogP contribution in [0.5, 0.6) is 11.5 Å². The third-order valence-electron chi connectivity index (χ3n) is 4.94. The van der Waals surface area contributed by atoms with Gasteiger partial charge in [0.05, 0.1) is 19.9 Å². The van der Waals surface area contributed by atoms with Gasteiger partial charge in [0.2, 0.25) is 0 Å². The third-order valence-corrected chi connectivity index (χ3v) is 5.88. The summed E-state index contributed by atoms with van der Waals surface area (Å²) in [4.78, 5) is 18.0. The van der Waals surface area contributed by atoms with Crippen LogP contribution in [0.3, 0.4) is 0 Å². The van der Waals surface area contributed by atoms with Crippen molar-refractivity contribution in [2.75, 3.05) is 27.3 Å². The summed E-state index contributed by atoms with van der Waals surface area (Å²) in [6, 6.07) is 5.84. The maximum atomic E-state index is 10.8. The summed E-state index contributed by atoms with van der Waals surface area (Å²) in [7, 11) is 3.26. The second-order valence-electron chi connectivity index (χ2n) is 6.89. The standard InChI is InChI=1S/C20H26N2O4S/c1-25-17-7-6-15(10-18(17)26-2)20-21-16(13-27-20)12-22-9-3-4-14(11-22)5-8-19(23)24/h6-7,10,13-14H,3-5,8-9,11-12H2,1-2H3,(H,23,24). The molecular formula is C20H26N2O4S. The molecule has 1 atom stereocenters. The molecule has 0 saturated carbocycles. The number of carboxylic acids is 1. The number of methoxy groups -OCH3 is 2. The number of thiazole rings is 1. The van der Waals surface area contributed by atoms with Crippen molar-refractivity contribution in [3.63, 3.8) is 0 Å².